The van der Waals surface area contributed by atoms with Crippen molar-refractivity contribution in [1.29, 1.82) is 0 Å². The van der Waals surface area contributed by atoms with Crippen LogP contribution in [0, 0.1) is 6.92 Å². The molecule has 1 aliphatic heterocycles. The predicted molar refractivity (Wildman–Crippen MR) is 175 cm³/mol. The topological polar surface area (TPSA) is 100 Å². The lowest BCUT2D eigenvalue weighted by atomic mass is 10.1. The number of nitrogens with one attached hydrogen (secondary N) is 2. The van der Waals surface area contributed by atoms with Gasteiger partial charge in [0.25, 0.3) is 5.91 Å². The number of benzene rings is 2. The number of hydrogen-bond donors (Lipinski definition) is 2. The number of likely N-dealkylation sites (N-methyl/N-ethyl adjacent to an activating group) is 2. The van der Waals surface area contributed by atoms with Gasteiger partial charge in [-0.1, -0.05) is 6.07 Å². The Morgan fingerprint density at radius 3 is 2.43 bits per heavy atom. The maximum absolute atomic E-state index is 14.0. The number of amides is 1. The van der Waals surface area contributed by atoms with E-state index in [1.165, 1.54) is 18.5 Å². The normalized spacial score (nSPS) is 14.5. The van der Waals surface area contributed by atoms with E-state index in [0.29, 0.717) is 42.7 Å². The molecule has 2 aromatic rings. The number of carbonyl (C=O) groups excluding carboxylic acids is 1. The zero-order valence-electron chi connectivity index (χ0n) is 26.0. The summed E-state index contributed by atoms with van der Waals surface area (Å²) in [4.78, 5) is 35.9. The van der Waals surface area contributed by atoms with Gasteiger partial charge in [0.05, 0.1) is 11.3 Å². The van der Waals surface area contributed by atoms with Crippen molar-refractivity contribution in [2.45, 2.75) is 33.4 Å². The van der Waals surface area contributed by atoms with E-state index in [9.17, 15) is 18.0 Å². The molecule has 0 saturated heterocycles. The summed E-state index contributed by atoms with van der Waals surface area (Å²) < 4.78 is 42.0. The van der Waals surface area contributed by atoms with Crippen molar-refractivity contribution in [2.75, 3.05) is 62.9 Å². The van der Waals surface area contributed by atoms with E-state index >= 15 is 0 Å². The van der Waals surface area contributed by atoms with Crippen LogP contribution in [0.4, 0.5) is 30.2 Å². The Kier molecular flexibility index (Phi) is 11.8. The number of alkyl halides is 3. The third-order valence-corrected chi connectivity index (χ3v) is 6.92. The van der Waals surface area contributed by atoms with Gasteiger partial charge in [-0.3, -0.25) is 9.79 Å². The first-order chi connectivity index (χ1) is 20.9. The molecule has 10 nitrogen and oxygen atoms in total. The monoisotopic (exact) mass is 611 g/mol. The Balaban J connectivity index is 1.91. The second-order valence-electron chi connectivity index (χ2n) is 10.4. The minimum atomic E-state index is -4.61. The number of guanidine groups is 1. The Bertz CT molecular complexity index is 1460. The zero-order valence-corrected chi connectivity index (χ0v) is 26.0. The molecular weight excluding hydrogens is 571 g/mol. The summed E-state index contributed by atoms with van der Waals surface area (Å²) in [6, 6.07) is 8.77. The van der Waals surface area contributed by atoms with Crippen molar-refractivity contribution < 1.29 is 18.0 Å². The molecule has 0 saturated carbocycles. The molecule has 44 heavy (non-hydrogen) atoms. The van der Waals surface area contributed by atoms with Gasteiger partial charge in [0.15, 0.2) is 5.82 Å². The highest BCUT2D eigenvalue weighted by Gasteiger charge is 2.35. The predicted octanol–water partition coefficient (Wildman–Crippen LogP) is 5.75. The van der Waals surface area contributed by atoms with Gasteiger partial charge in [0.1, 0.15) is 6.34 Å². The zero-order chi connectivity index (χ0) is 32.4. The standard InChI is InChI=1S/C31H40F3N9O/c1-8-43(9-2)30-36-15-14-25(40-30)28(37-20-35-4)39-26-18-22(11-10-21(26)3)29(44)38-23-12-13-27(24(19-23)31(32,33)34)42(7)17-16-41(5)6/h10-13,15,18-20,39H,4,8-9,14,16-17H2,1-3,5-7H3,(H,38,44)/b28-25-,37-20?. The van der Waals surface area contributed by atoms with E-state index in [1.807, 2.05) is 44.7 Å². The third kappa shape index (κ3) is 8.99. The van der Waals surface area contributed by atoms with Gasteiger partial charge in [-0.15, -0.1) is 0 Å². The highest BCUT2D eigenvalue weighted by atomic mass is 19.4. The summed E-state index contributed by atoms with van der Waals surface area (Å²) in [6.07, 6.45) is -1.14. The smallest absolute Gasteiger partial charge is 0.373 e. The van der Waals surface area contributed by atoms with Crippen molar-refractivity contribution in [1.82, 2.24) is 9.80 Å². The van der Waals surface area contributed by atoms with Crippen LogP contribution in [-0.4, -0.2) is 88.3 Å². The van der Waals surface area contributed by atoms with Crippen molar-refractivity contribution >= 4 is 48.2 Å². The first-order valence-electron chi connectivity index (χ1n) is 14.2. The second kappa shape index (κ2) is 15.3. The van der Waals surface area contributed by atoms with Crippen molar-refractivity contribution in [2.24, 2.45) is 20.0 Å². The van der Waals surface area contributed by atoms with Crippen molar-refractivity contribution in [3.63, 3.8) is 0 Å². The van der Waals surface area contributed by atoms with Gasteiger partial charge in [0, 0.05) is 68.5 Å². The molecule has 0 unspecified atom stereocenters. The van der Waals surface area contributed by atoms with Gasteiger partial charge < -0.3 is 25.3 Å². The molecule has 0 spiro atoms. The van der Waals surface area contributed by atoms with Crippen LogP contribution < -0.4 is 15.5 Å². The molecule has 0 fully saturated rings. The number of aliphatic imine (C=N–C) groups is 4. The fraction of sp³-hybridized carbons (Fsp3) is 0.387. The Labute approximate surface area is 256 Å². The molecule has 1 aliphatic rings. The number of carbonyl (C=O) groups is 1. The van der Waals surface area contributed by atoms with Crippen LogP contribution in [0.3, 0.4) is 0 Å². The van der Waals surface area contributed by atoms with E-state index in [2.05, 4.69) is 32.3 Å². The average molecular weight is 612 g/mol. The number of halogens is 3. The fourth-order valence-electron chi connectivity index (χ4n) is 4.37. The molecule has 13 heteroatoms. The number of anilines is 3. The average Bonchev–Trinajstić information content (AvgIpc) is 2.99. The maximum atomic E-state index is 14.0. The van der Waals surface area contributed by atoms with E-state index in [-0.39, 0.29) is 16.9 Å². The molecule has 1 amide bonds. The number of hydrogen-bond acceptors (Lipinski definition) is 8. The second-order valence-corrected chi connectivity index (χ2v) is 10.4. The molecule has 236 valence electrons. The number of rotatable bonds is 12. The highest BCUT2D eigenvalue weighted by molar-refractivity contribution is 6.05. The highest BCUT2D eigenvalue weighted by Crippen LogP contribution is 2.38. The lowest BCUT2D eigenvalue weighted by Crippen LogP contribution is -2.30. The molecule has 0 atom stereocenters. The molecule has 0 aromatic heterocycles. The third-order valence-electron chi connectivity index (χ3n) is 6.92. The summed E-state index contributed by atoms with van der Waals surface area (Å²) in [7, 11) is 5.32. The Morgan fingerprint density at radius 2 is 1.80 bits per heavy atom. The van der Waals surface area contributed by atoms with Gasteiger partial charge in [-0.05, 0) is 77.5 Å². The molecule has 0 aliphatic carbocycles. The maximum Gasteiger partial charge on any atom is 0.418 e. The molecule has 2 N–H and O–H groups in total. The van der Waals surface area contributed by atoms with Gasteiger partial charge in [-0.25, -0.2) is 15.0 Å². The van der Waals surface area contributed by atoms with Gasteiger partial charge in [-0.2, -0.15) is 13.2 Å². The van der Waals surface area contributed by atoms with E-state index < -0.39 is 17.6 Å². The molecular formula is C31H40F3N9O. The SMILES string of the molecule is C=NC=N/C(Nc1cc(C(=O)Nc2ccc(N(C)CCN(C)C)c(C(F)(F)F)c2)ccc1C)=C1\CC=NC(N(CC)CC)=N1. The van der Waals surface area contributed by atoms with E-state index in [1.54, 1.807) is 36.4 Å². The van der Waals surface area contributed by atoms with E-state index in [4.69, 9.17) is 4.99 Å². The molecule has 0 radical (unpaired) electrons. The van der Waals surface area contributed by atoms with Crippen molar-refractivity contribution in [3.8, 4) is 0 Å². The molecule has 3 rings (SSSR count). The lowest BCUT2D eigenvalue weighted by molar-refractivity contribution is -0.137. The minimum Gasteiger partial charge on any atom is -0.373 e. The molecule has 0 bridgehead atoms. The van der Waals surface area contributed by atoms with Crippen LogP contribution in [0.25, 0.3) is 0 Å². The van der Waals surface area contributed by atoms with Gasteiger partial charge >= 0.3 is 6.18 Å². The number of nitrogens with zero attached hydrogens (tertiary/aromatic N) is 7. The van der Waals surface area contributed by atoms with Gasteiger partial charge in [0.2, 0.25) is 5.96 Å². The Morgan fingerprint density at radius 1 is 1.07 bits per heavy atom. The first-order valence-corrected chi connectivity index (χ1v) is 14.2. The van der Waals surface area contributed by atoms with Crippen LogP contribution in [-0.2, 0) is 6.18 Å². The van der Waals surface area contributed by atoms with Crippen LogP contribution >= 0.6 is 0 Å². The molecule has 1 heterocycles. The summed E-state index contributed by atoms with van der Waals surface area (Å²) in [5.74, 6) is 0.403. The quantitative estimate of drug-likeness (QED) is 0.235. The number of aryl methyl sites for hydroxylation is 1. The van der Waals surface area contributed by atoms with Crippen molar-refractivity contribution in [3.05, 3.63) is 64.6 Å². The fourth-order valence-corrected chi connectivity index (χ4v) is 4.37. The van der Waals surface area contributed by atoms with Crippen LogP contribution in [0.5, 0.6) is 0 Å². The summed E-state index contributed by atoms with van der Waals surface area (Å²) in [5, 5.41) is 5.86. The largest absolute Gasteiger partial charge is 0.418 e. The van der Waals surface area contributed by atoms with E-state index in [0.717, 1.165) is 24.7 Å². The molecule has 2 aromatic carbocycles. The number of allylic oxidation sites excluding steroid dienone is 1. The summed E-state index contributed by atoms with van der Waals surface area (Å²) in [6.45, 7) is 11.8. The summed E-state index contributed by atoms with van der Waals surface area (Å²) >= 11 is 0. The Hall–Kier alpha value is -4.52. The lowest BCUT2D eigenvalue weighted by Gasteiger charge is -2.25. The summed E-state index contributed by atoms with van der Waals surface area (Å²) in [5.41, 5.74) is 1.48. The van der Waals surface area contributed by atoms with Crippen LogP contribution in [0.2, 0.25) is 0 Å². The van der Waals surface area contributed by atoms with Crippen LogP contribution in [0.15, 0.2) is 67.9 Å². The first kappa shape index (κ1) is 34.0. The van der Waals surface area contributed by atoms with Crippen LogP contribution in [0.1, 0.15) is 41.8 Å². The minimum absolute atomic E-state index is 0.0337.